The van der Waals surface area contributed by atoms with E-state index < -0.39 is 12.3 Å². The van der Waals surface area contributed by atoms with E-state index in [9.17, 15) is 14.7 Å². The molecule has 1 unspecified atom stereocenters. The number of hydrogen-bond acceptors (Lipinski definition) is 6. The molecule has 2 amide bonds. The summed E-state index contributed by atoms with van der Waals surface area (Å²) in [5.74, 6) is 0.784. The average Bonchev–Trinajstić information content (AvgIpc) is 3.36. The number of rotatable bonds is 5. The standard InChI is InChI=1S/C21H20N6O3/c1-11(28)12-3-2-4-13(7-12)16-9-18(23-15-5-6-15)27-19(24-16)14(10-22-27)8-17-20(29)26-21(30)25-17/h2-4,7-10,15,20,23,29H,5-6H2,1H3,(H2,25,26,30)/b17-8-. The van der Waals surface area contributed by atoms with Gasteiger partial charge in [0.05, 0.1) is 17.6 Å². The van der Waals surface area contributed by atoms with E-state index in [4.69, 9.17) is 4.98 Å². The molecule has 1 atom stereocenters. The molecule has 9 nitrogen and oxygen atoms in total. The number of nitrogens with one attached hydrogen (secondary N) is 3. The number of hydrogen-bond donors (Lipinski definition) is 4. The van der Waals surface area contributed by atoms with Gasteiger partial charge in [-0.05, 0) is 31.9 Å². The van der Waals surface area contributed by atoms with Crippen LogP contribution in [0.4, 0.5) is 10.6 Å². The van der Waals surface area contributed by atoms with Crippen molar-refractivity contribution in [3.8, 4) is 11.3 Å². The average molecular weight is 404 g/mol. The largest absolute Gasteiger partial charge is 0.368 e. The molecule has 152 valence electrons. The van der Waals surface area contributed by atoms with Gasteiger partial charge < -0.3 is 21.1 Å². The van der Waals surface area contributed by atoms with Crippen molar-refractivity contribution in [2.45, 2.75) is 32.0 Å². The predicted molar refractivity (Wildman–Crippen MR) is 111 cm³/mol. The second kappa shape index (κ2) is 6.96. The summed E-state index contributed by atoms with van der Waals surface area (Å²) in [6.45, 7) is 1.53. The van der Waals surface area contributed by atoms with Crippen molar-refractivity contribution in [3.63, 3.8) is 0 Å². The number of carbonyl (C=O) groups is 2. The minimum absolute atomic E-state index is 0.0116. The van der Waals surface area contributed by atoms with Crippen LogP contribution in [0.1, 0.15) is 35.7 Å². The van der Waals surface area contributed by atoms with Gasteiger partial charge in [-0.3, -0.25) is 4.79 Å². The third-order valence-corrected chi connectivity index (χ3v) is 5.12. The molecule has 1 aromatic carbocycles. The smallest absolute Gasteiger partial charge is 0.321 e. The van der Waals surface area contributed by atoms with Gasteiger partial charge in [0.25, 0.3) is 0 Å². The van der Waals surface area contributed by atoms with E-state index in [-0.39, 0.29) is 5.78 Å². The van der Waals surface area contributed by atoms with E-state index in [0.29, 0.717) is 34.2 Å². The van der Waals surface area contributed by atoms with Gasteiger partial charge in [0, 0.05) is 28.8 Å². The van der Waals surface area contributed by atoms with Crippen LogP contribution in [0.15, 0.2) is 42.2 Å². The third kappa shape index (κ3) is 3.39. The van der Waals surface area contributed by atoms with Crippen molar-refractivity contribution in [2.75, 3.05) is 5.32 Å². The summed E-state index contributed by atoms with van der Waals surface area (Å²) in [6, 6.07) is 9.20. The first kappa shape index (κ1) is 18.3. The second-order valence-electron chi connectivity index (χ2n) is 7.52. The molecule has 2 aliphatic rings. The molecule has 4 N–H and O–H groups in total. The number of anilines is 1. The highest BCUT2D eigenvalue weighted by atomic mass is 16.3. The normalized spacial score (nSPS) is 19.7. The monoisotopic (exact) mass is 404 g/mol. The molecule has 3 heterocycles. The fourth-order valence-electron chi connectivity index (χ4n) is 3.39. The van der Waals surface area contributed by atoms with E-state index >= 15 is 0 Å². The molecule has 0 spiro atoms. The van der Waals surface area contributed by atoms with Crippen molar-refractivity contribution in [3.05, 3.63) is 53.4 Å². The lowest BCUT2D eigenvalue weighted by molar-refractivity contribution is 0.101. The van der Waals surface area contributed by atoms with Crippen LogP contribution in [0.2, 0.25) is 0 Å². The number of amides is 2. The number of nitrogens with zero attached hydrogens (tertiary/aromatic N) is 3. The van der Waals surface area contributed by atoms with E-state index in [2.05, 4.69) is 21.0 Å². The van der Waals surface area contributed by atoms with E-state index in [1.54, 1.807) is 22.9 Å². The van der Waals surface area contributed by atoms with Gasteiger partial charge in [0.2, 0.25) is 0 Å². The lowest BCUT2D eigenvalue weighted by Crippen LogP contribution is -2.25. The molecule has 0 radical (unpaired) electrons. The number of ketones is 1. The Balaban J connectivity index is 1.65. The van der Waals surface area contributed by atoms with Crippen LogP contribution in [0.5, 0.6) is 0 Å². The summed E-state index contributed by atoms with van der Waals surface area (Å²) in [5.41, 5.74) is 3.69. The zero-order valence-electron chi connectivity index (χ0n) is 16.2. The first-order chi connectivity index (χ1) is 14.5. The molecule has 1 aliphatic heterocycles. The summed E-state index contributed by atoms with van der Waals surface area (Å²) in [7, 11) is 0. The van der Waals surface area contributed by atoms with Crippen molar-refractivity contribution >= 4 is 29.4 Å². The lowest BCUT2D eigenvalue weighted by atomic mass is 10.1. The molecule has 2 fully saturated rings. The predicted octanol–water partition coefficient (Wildman–Crippen LogP) is 2.15. The van der Waals surface area contributed by atoms with Gasteiger partial charge in [-0.15, -0.1) is 0 Å². The van der Waals surface area contributed by atoms with E-state index in [1.165, 1.54) is 6.92 Å². The van der Waals surface area contributed by atoms with Crippen LogP contribution in [0, 0.1) is 0 Å². The van der Waals surface area contributed by atoms with Crippen LogP contribution in [0.3, 0.4) is 0 Å². The Morgan fingerprint density at radius 1 is 1.33 bits per heavy atom. The molecule has 30 heavy (non-hydrogen) atoms. The Kier molecular flexibility index (Phi) is 4.25. The first-order valence-electron chi connectivity index (χ1n) is 9.72. The Hall–Kier alpha value is -3.72. The minimum atomic E-state index is -1.10. The Labute approximate surface area is 171 Å². The highest BCUT2D eigenvalue weighted by Crippen LogP contribution is 2.29. The molecular weight excluding hydrogens is 384 g/mol. The molecule has 1 saturated carbocycles. The summed E-state index contributed by atoms with van der Waals surface area (Å²) in [5, 5.41) is 22.8. The van der Waals surface area contributed by atoms with Crippen molar-refractivity contribution in [1.82, 2.24) is 25.2 Å². The van der Waals surface area contributed by atoms with Crippen LogP contribution >= 0.6 is 0 Å². The minimum Gasteiger partial charge on any atom is -0.368 e. The molecule has 1 aliphatic carbocycles. The molecule has 5 rings (SSSR count). The summed E-state index contributed by atoms with van der Waals surface area (Å²) in [6.07, 6.45) is 4.38. The van der Waals surface area contributed by atoms with Crippen LogP contribution in [-0.4, -0.2) is 43.8 Å². The van der Waals surface area contributed by atoms with Crippen molar-refractivity contribution in [1.29, 1.82) is 0 Å². The first-order valence-corrected chi connectivity index (χ1v) is 9.72. The van der Waals surface area contributed by atoms with Gasteiger partial charge in [-0.1, -0.05) is 18.2 Å². The number of fused-ring (bicyclic) bond motifs is 1. The number of carbonyl (C=O) groups excluding carboxylic acids is 2. The number of aliphatic hydroxyl groups is 1. The SMILES string of the molecule is CC(=O)c1cccc(-c2cc(NC3CC3)n3ncc(/C=C4\NC(=O)NC4O)c3n2)c1. The number of urea groups is 1. The quantitative estimate of drug-likeness (QED) is 0.484. The zero-order chi connectivity index (χ0) is 20.8. The highest BCUT2D eigenvalue weighted by Gasteiger charge is 2.25. The van der Waals surface area contributed by atoms with Gasteiger partial charge in [0.1, 0.15) is 5.82 Å². The van der Waals surface area contributed by atoms with Crippen molar-refractivity contribution < 1.29 is 14.7 Å². The van der Waals surface area contributed by atoms with Crippen molar-refractivity contribution in [2.24, 2.45) is 0 Å². The molecule has 3 aromatic rings. The zero-order valence-corrected chi connectivity index (χ0v) is 16.2. The summed E-state index contributed by atoms with van der Waals surface area (Å²) in [4.78, 5) is 28.0. The molecule has 2 aromatic heterocycles. The number of aromatic nitrogens is 3. The van der Waals surface area contributed by atoms with Gasteiger partial charge in [0.15, 0.2) is 17.7 Å². The summed E-state index contributed by atoms with van der Waals surface area (Å²) < 4.78 is 1.71. The number of aliphatic hydroxyl groups excluding tert-OH is 1. The van der Waals surface area contributed by atoms with Gasteiger partial charge >= 0.3 is 6.03 Å². The maximum Gasteiger partial charge on any atom is 0.321 e. The van der Waals surface area contributed by atoms with E-state index in [1.807, 2.05) is 24.3 Å². The van der Waals surface area contributed by atoms with E-state index in [0.717, 1.165) is 24.2 Å². The Bertz CT molecular complexity index is 1210. The second-order valence-corrected chi connectivity index (χ2v) is 7.52. The number of benzene rings is 1. The van der Waals surface area contributed by atoms with Crippen LogP contribution in [0.25, 0.3) is 23.0 Å². The highest BCUT2D eigenvalue weighted by molar-refractivity contribution is 5.95. The van der Waals surface area contributed by atoms with Gasteiger partial charge in [-0.25, -0.2) is 9.78 Å². The number of Topliss-reactive ketones (excluding diaryl/α,β-unsaturated/α-hetero) is 1. The van der Waals surface area contributed by atoms with Crippen LogP contribution < -0.4 is 16.0 Å². The third-order valence-electron chi connectivity index (χ3n) is 5.12. The fourth-order valence-corrected chi connectivity index (χ4v) is 3.39. The molecule has 9 heteroatoms. The maximum absolute atomic E-state index is 11.8. The fraction of sp³-hybridized carbons (Fsp3) is 0.238. The lowest BCUT2D eigenvalue weighted by Gasteiger charge is -2.11. The Morgan fingerprint density at radius 2 is 2.17 bits per heavy atom. The molecule has 1 saturated heterocycles. The molecular formula is C21H20N6O3. The van der Waals surface area contributed by atoms with Gasteiger partial charge in [-0.2, -0.15) is 9.61 Å². The Morgan fingerprint density at radius 3 is 2.87 bits per heavy atom. The summed E-state index contributed by atoms with van der Waals surface area (Å²) >= 11 is 0. The topological polar surface area (TPSA) is 121 Å². The maximum atomic E-state index is 11.8. The molecule has 0 bridgehead atoms. The van der Waals surface area contributed by atoms with Crippen LogP contribution in [-0.2, 0) is 0 Å².